The minimum atomic E-state index is -0.650. The van der Waals surface area contributed by atoms with Crippen molar-refractivity contribution in [1.82, 2.24) is 24.9 Å². The largest absolute Gasteiger partial charge is 0.363 e. The normalized spacial score (nSPS) is 11.8. The van der Waals surface area contributed by atoms with Crippen molar-refractivity contribution in [3.8, 4) is 11.4 Å². The number of hydrogen-bond donors (Lipinski definition) is 1. The van der Waals surface area contributed by atoms with Crippen molar-refractivity contribution >= 4 is 22.3 Å². The summed E-state index contributed by atoms with van der Waals surface area (Å²) in [6.45, 7) is 7.63. The lowest BCUT2D eigenvalue weighted by atomic mass is 10.1. The zero-order valence-corrected chi connectivity index (χ0v) is 18.8. The number of anilines is 1. The molecular weight excluding hydrogens is 434 g/mol. The van der Waals surface area contributed by atoms with Crippen molar-refractivity contribution in [3.63, 3.8) is 0 Å². The minimum Gasteiger partial charge on any atom is -0.363 e. The van der Waals surface area contributed by atoms with E-state index in [-0.39, 0.29) is 23.8 Å². The van der Waals surface area contributed by atoms with Gasteiger partial charge in [-0.3, -0.25) is 15.0 Å². The molecule has 6 nitrogen and oxygen atoms in total. The average Bonchev–Trinajstić information content (AvgIpc) is 2.83. The van der Waals surface area contributed by atoms with Crippen LogP contribution in [0, 0.1) is 11.6 Å². The zero-order chi connectivity index (χ0) is 24.1. The van der Waals surface area contributed by atoms with Crippen LogP contribution in [0.15, 0.2) is 79.6 Å². The Morgan fingerprint density at radius 2 is 1.94 bits per heavy atom. The fourth-order valence-corrected chi connectivity index (χ4v) is 3.39. The summed E-state index contributed by atoms with van der Waals surface area (Å²) in [7, 11) is 0. The van der Waals surface area contributed by atoms with E-state index >= 15 is 4.39 Å². The maximum atomic E-state index is 15.2. The van der Waals surface area contributed by atoms with Gasteiger partial charge in [0.1, 0.15) is 23.5 Å². The van der Waals surface area contributed by atoms with Crippen LogP contribution in [0.25, 0.3) is 27.9 Å². The summed E-state index contributed by atoms with van der Waals surface area (Å²) in [5.74, 6) is -1.15. The third kappa shape index (κ3) is 5.01. The molecule has 34 heavy (non-hydrogen) atoms. The van der Waals surface area contributed by atoms with E-state index < -0.39 is 11.6 Å². The highest BCUT2D eigenvalue weighted by Gasteiger charge is 2.15. The molecule has 0 aliphatic rings. The summed E-state index contributed by atoms with van der Waals surface area (Å²) in [5, 5.41) is 3.71. The summed E-state index contributed by atoms with van der Waals surface area (Å²) in [6, 6.07) is 6.74. The average molecular weight is 457 g/mol. The Balaban J connectivity index is 1.56. The molecular formula is C26H22F2N6. The quantitative estimate of drug-likeness (QED) is 0.349. The number of pyridine rings is 3. The number of aromatic nitrogens is 5. The first kappa shape index (κ1) is 22.8. The lowest BCUT2D eigenvalue weighted by Crippen LogP contribution is -2.07. The van der Waals surface area contributed by atoms with Crippen LogP contribution in [0.2, 0.25) is 0 Å². The Bertz CT molecular complexity index is 1430. The molecule has 0 aromatic carbocycles. The van der Waals surface area contributed by atoms with Crippen LogP contribution in [-0.2, 0) is 6.54 Å². The van der Waals surface area contributed by atoms with Gasteiger partial charge in [-0.1, -0.05) is 36.4 Å². The van der Waals surface area contributed by atoms with Crippen molar-refractivity contribution in [2.24, 2.45) is 0 Å². The molecule has 0 aliphatic carbocycles. The molecule has 170 valence electrons. The van der Waals surface area contributed by atoms with Gasteiger partial charge in [0.15, 0.2) is 11.6 Å². The minimum absolute atomic E-state index is 0.0145. The van der Waals surface area contributed by atoms with Gasteiger partial charge < -0.3 is 5.32 Å². The van der Waals surface area contributed by atoms with Crippen molar-refractivity contribution in [2.75, 3.05) is 5.32 Å². The van der Waals surface area contributed by atoms with Gasteiger partial charge in [0.2, 0.25) is 0 Å². The van der Waals surface area contributed by atoms with Crippen LogP contribution < -0.4 is 5.32 Å². The van der Waals surface area contributed by atoms with E-state index in [0.717, 1.165) is 11.0 Å². The van der Waals surface area contributed by atoms with Crippen LogP contribution in [0.1, 0.15) is 25.1 Å². The number of nitrogens with zero attached hydrogens (tertiary/aromatic N) is 5. The van der Waals surface area contributed by atoms with Gasteiger partial charge in [-0.25, -0.2) is 18.7 Å². The highest BCUT2D eigenvalue weighted by molar-refractivity contribution is 5.81. The Labute approximate surface area is 195 Å². The first-order valence-electron chi connectivity index (χ1n) is 10.6. The molecule has 1 N–H and O–H groups in total. The van der Waals surface area contributed by atoms with Crippen LogP contribution >= 0.6 is 0 Å². The second kappa shape index (κ2) is 10.1. The van der Waals surface area contributed by atoms with Crippen LogP contribution in [-0.4, -0.2) is 24.9 Å². The number of rotatable bonds is 7. The lowest BCUT2D eigenvalue weighted by molar-refractivity contribution is 0.613. The molecule has 0 bridgehead atoms. The first-order chi connectivity index (χ1) is 16.5. The highest BCUT2D eigenvalue weighted by Crippen LogP contribution is 2.25. The van der Waals surface area contributed by atoms with Crippen molar-refractivity contribution < 1.29 is 8.78 Å². The van der Waals surface area contributed by atoms with E-state index in [1.807, 2.05) is 26.0 Å². The Morgan fingerprint density at radius 1 is 1.09 bits per heavy atom. The van der Waals surface area contributed by atoms with Crippen molar-refractivity contribution in [2.45, 2.75) is 20.4 Å². The number of hydrogen-bond acceptors (Lipinski definition) is 6. The predicted octanol–water partition coefficient (Wildman–Crippen LogP) is 5.91. The third-order valence-corrected chi connectivity index (χ3v) is 4.90. The topological polar surface area (TPSA) is 76.5 Å². The molecule has 4 aromatic heterocycles. The smallest absolute Gasteiger partial charge is 0.193 e. The van der Waals surface area contributed by atoms with Gasteiger partial charge >= 0.3 is 0 Å². The molecule has 0 saturated carbocycles. The van der Waals surface area contributed by atoms with Gasteiger partial charge in [0.05, 0.1) is 17.4 Å². The predicted molar refractivity (Wildman–Crippen MR) is 130 cm³/mol. The standard InChI is InChI=1S/C26H22F2N6/c1-4-6-19(9-16(2)3)24-20(27)10-17(12-31-24)13-32-26-23(28)25(33-15-34-26)21-11-18-7-5-8-29-22(18)14-30-21/h4-12,14-15H,2,13H2,1,3H3,(H,32,33,34)/b6-4-,19-9+. The monoisotopic (exact) mass is 456 g/mol. The highest BCUT2D eigenvalue weighted by atomic mass is 19.1. The van der Waals surface area contributed by atoms with E-state index in [1.165, 1.54) is 12.4 Å². The Hall–Kier alpha value is -4.33. The molecule has 0 amide bonds. The number of nitrogens with one attached hydrogen (secondary N) is 1. The SMILES string of the molecule is C=C(C)/C=C(\C=C/C)c1ncc(CNc2ncnc(-c3cc4cccnc4cn3)c2F)cc1F. The van der Waals surface area contributed by atoms with Gasteiger partial charge in [-0.05, 0) is 37.6 Å². The zero-order valence-electron chi connectivity index (χ0n) is 18.8. The Morgan fingerprint density at radius 3 is 2.71 bits per heavy atom. The molecule has 0 radical (unpaired) electrons. The van der Waals surface area contributed by atoms with E-state index in [9.17, 15) is 4.39 Å². The van der Waals surface area contributed by atoms with Gasteiger partial charge in [-0.2, -0.15) is 0 Å². The number of halogens is 2. The Kier molecular flexibility index (Phi) is 6.77. The second-order valence-corrected chi connectivity index (χ2v) is 7.62. The summed E-state index contributed by atoms with van der Waals surface area (Å²) in [4.78, 5) is 20.8. The molecule has 0 unspecified atom stereocenters. The second-order valence-electron chi connectivity index (χ2n) is 7.62. The fourth-order valence-electron chi connectivity index (χ4n) is 3.39. The van der Waals surface area contributed by atoms with Crippen LogP contribution in [0.5, 0.6) is 0 Å². The molecule has 4 aromatic rings. The van der Waals surface area contributed by atoms with E-state index in [2.05, 4.69) is 36.8 Å². The van der Waals surface area contributed by atoms with E-state index in [1.54, 1.807) is 42.9 Å². The molecule has 4 heterocycles. The van der Waals surface area contributed by atoms with Crippen LogP contribution in [0.3, 0.4) is 0 Å². The summed E-state index contributed by atoms with van der Waals surface area (Å²) in [5.41, 5.74) is 3.28. The molecule has 0 aliphatic heterocycles. The third-order valence-electron chi connectivity index (χ3n) is 4.90. The summed E-state index contributed by atoms with van der Waals surface area (Å²) >= 11 is 0. The van der Waals surface area contributed by atoms with Crippen molar-refractivity contribution in [3.05, 3.63) is 102 Å². The maximum absolute atomic E-state index is 15.2. The van der Waals surface area contributed by atoms with E-state index in [0.29, 0.717) is 22.3 Å². The number of fused-ring (bicyclic) bond motifs is 1. The molecule has 0 spiro atoms. The summed E-state index contributed by atoms with van der Waals surface area (Å²) in [6.07, 6.45) is 11.4. The van der Waals surface area contributed by atoms with Gasteiger partial charge in [-0.15, -0.1) is 0 Å². The van der Waals surface area contributed by atoms with Crippen molar-refractivity contribution in [1.29, 1.82) is 0 Å². The lowest BCUT2D eigenvalue weighted by Gasteiger charge is -2.10. The first-order valence-corrected chi connectivity index (χ1v) is 10.6. The molecule has 0 atom stereocenters. The molecule has 0 saturated heterocycles. The summed E-state index contributed by atoms with van der Waals surface area (Å²) < 4.78 is 29.9. The molecule has 0 fully saturated rings. The van der Waals surface area contributed by atoms with Crippen LogP contribution in [0.4, 0.5) is 14.6 Å². The van der Waals surface area contributed by atoms with E-state index in [4.69, 9.17) is 0 Å². The fraction of sp³-hybridized carbons (Fsp3) is 0.115. The van der Waals surface area contributed by atoms with Gasteiger partial charge in [0, 0.05) is 29.9 Å². The van der Waals surface area contributed by atoms with Gasteiger partial charge in [0.25, 0.3) is 0 Å². The maximum Gasteiger partial charge on any atom is 0.193 e. The number of allylic oxidation sites excluding steroid dienone is 5. The molecule has 4 rings (SSSR count). The molecule has 8 heteroatoms.